The summed E-state index contributed by atoms with van der Waals surface area (Å²) in [4.78, 5) is 34.0. The van der Waals surface area contributed by atoms with Gasteiger partial charge in [0, 0.05) is 57.6 Å². The molecule has 0 unspecified atom stereocenters. The molecule has 2 aromatic heterocycles. The minimum absolute atomic E-state index is 0.133. The topological polar surface area (TPSA) is 93.3 Å². The molecule has 1 spiro atoms. The zero-order valence-electron chi connectivity index (χ0n) is 19.4. The summed E-state index contributed by atoms with van der Waals surface area (Å²) >= 11 is 2.98. The van der Waals surface area contributed by atoms with Crippen molar-refractivity contribution in [3.8, 4) is 22.8 Å². The molecule has 3 aromatic rings. The molecule has 5 rings (SSSR count). The van der Waals surface area contributed by atoms with Crippen LogP contribution < -0.4 is 20.3 Å². The molecule has 1 fully saturated rings. The number of carbonyl (C=O) groups is 1. The lowest BCUT2D eigenvalue weighted by Crippen LogP contribution is -2.40. The largest absolute Gasteiger partial charge is 0.448 e. The van der Waals surface area contributed by atoms with Crippen molar-refractivity contribution in [2.45, 2.75) is 63.2 Å². The predicted octanol–water partition coefficient (Wildman–Crippen LogP) is 5.20. The first kappa shape index (κ1) is 23.0. The highest BCUT2D eigenvalue weighted by atomic mass is 32.2. The number of pyridine rings is 1. The van der Waals surface area contributed by atoms with Crippen LogP contribution in [0, 0.1) is 13.8 Å². The quantitative estimate of drug-likeness (QED) is 0.471. The molecule has 1 aliphatic carbocycles. The first-order valence-corrected chi connectivity index (χ1v) is 13.6. The van der Waals surface area contributed by atoms with Crippen molar-refractivity contribution < 1.29 is 14.3 Å². The average molecular weight is 498 g/mol. The second kappa shape index (κ2) is 9.11. The summed E-state index contributed by atoms with van der Waals surface area (Å²) in [7, 11) is 0. The molecule has 178 valence electrons. The third kappa shape index (κ3) is 4.11. The second-order valence-electron chi connectivity index (χ2n) is 8.82. The maximum Gasteiger partial charge on any atom is 0.254 e. The molecule has 0 radical (unpaired) electrons. The zero-order valence-corrected chi connectivity index (χ0v) is 21.1. The Morgan fingerprint density at radius 1 is 1.21 bits per heavy atom. The number of nitrogens with zero attached hydrogens (tertiary/aromatic N) is 1. The zero-order chi connectivity index (χ0) is 23.9. The molecule has 3 heterocycles. The lowest BCUT2D eigenvalue weighted by molar-refractivity contribution is -0.105. The summed E-state index contributed by atoms with van der Waals surface area (Å²) in [6.45, 7) is 3.86. The fraction of sp³-hybridized carbons (Fsp3) is 0.400. The van der Waals surface area contributed by atoms with E-state index in [1.54, 1.807) is 5.51 Å². The minimum Gasteiger partial charge on any atom is -0.448 e. The van der Waals surface area contributed by atoms with E-state index >= 15 is 0 Å². The van der Waals surface area contributed by atoms with Crippen LogP contribution in [0.2, 0.25) is 0 Å². The summed E-state index contributed by atoms with van der Waals surface area (Å²) in [6.07, 6.45) is 6.85. The first-order chi connectivity index (χ1) is 16.4. The number of nitrogens with one attached hydrogen (secondary N) is 2. The molecule has 7 nitrogen and oxygen atoms in total. The summed E-state index contributed by atoms with van der Waals surface area (Å²) in [6, 6.07) is 3.75. The number of carbonyl (C=O) groups excluding carboxylic acids is 1. The number of thioether (sulfide) groups is 1. The van der Waals surface area contributed by atoms with Crippen LogP contribution in [0.5, 0.6) is 11.5 Å². The molecule has 1 aromatic carbocycles. The van der Waals surface area contributed by atoms with E-state index in [2.05, 4.69) is 15.3 Å². The number of hydrogen-bond acceptors (Lipinski definition) is 7. The van der Waals surface area contributed by atoms with Crippen molar-refractivity contribution in [2.24, 2.45) is 0 Å². The number of rotatable bonds is 5. The van der Waals surface area contributed by atoms with Crippen molar-refractivity contribution in [2.75, 3.05) is 6.26 Å². The predicted molar refractivity (Wildman–Crippen MR) is 134 cm³/mol. The highest BCUT2D eigenvalue weighted by molar-refractivity contribution is 7.98. The highest BCUT2D eigenvalue weighted by Gasteiger charge is 2.45. The normalized spacial score (nSPS) is 16.1. The second-order valence-corrected chi connectivity index (χ2v) is 10.4. The van der Waals surface area contributed by atoms with Gasteiger partial charge in [-0.15, -0.1) is 23.1 Å². The molecule has 1 amide bonds. The van der Waals surface area contributed by atoms with Crippen molar-refractivity contribution in [3.05, 3.63) is 55.8 Å². The Labute approximate surface area is 206 Å². The van der Waals surface area contributed by atoms with E-state index < -0.39 is 5.79 Å². The Balaban J connectivity index is 1.50. The third-order valence-corrected chi connectivity index (χ3v) is 7.89. The van der Waals surface area contributed by atoms with Crippen molar-refractivity contribution >= 4 is 29.0 Å². The van der Waals surface area contributed by atoms with Crippen LogP contribution >= 0.6 is 23.1 Å². The van der Waals surface area contributed by atoms with Gasteiger partial charge in [-0.3, -0.25) is 9.59 Å². The summed E-state index contributed by atoms with van der Waals surface area (Å²) in [5.74, 6) is 0.363. The number of thiazole rings is 1. The molecule has 0 bridgehead atoms. The molecule has 0 saturated heterocycles. The van der Waals surface area contributed by atoms with Crippen LogP contribution in [0.4, 0.5) is 0 Å². The van der Waals surface area contributed by atoms with Gasteiger partial charge in [0.1, 0.15) is 0 Å². The van der Waals surface area contributed by atoms with Crippen molar-refractivity contribution in [1.82, 2.24) is 15.3 Å². The van der Waals surface area contributed by atoms with Crippen molar-refractivity contribution in [1.29, 1.82) is 0 Å². The van der Waals surface area contributed by atoms with Gasteiger partial charge in [0.05, 0.1) is 11.2 Å². The number of aromatic nitrogens is 2. The van der Waals surface area contributed by atoms with Gasteiger partial charge in [-0.1, -0.05) is 6.42 Å². The standard InChI is InChI=1S/C25H27N3O4S2/c1-14-9-20(33-3)18(24(30)28-14)11-26-23(29)16-10-17(19-12-34-13-27-19)22-21(15(16)2)31-25(32-22)7-5-4-6-8-25/h9-10,12-13H,4-8,11H2,1-3H3,(H,26,29)(H,28,30). The fourth-order valence-corrected chi connectivity index (χ4v) is 5.97. The highest BCUT2D eigenvalue weighted by Crippen LogP contribution is 2.52. The molecular formula is C25H27N3O4S2. The number of ether oxygens (including phenoxy) is 2. The van der Waals surface area contributed by atoms with Gasteiger partial charge in [0.15, 0.2) is 11.5 Å². The number of fused-ring (bicyclic) bond motifs is 1. The van der Waals surface area contributed by atoms with Gasteiger partial charge >= 0.3 is 0 Å². The van der Waals surface area contributed by atoms with Crippen LogP contribution in [0.25, 0.3) is 11.3 Å². The molecule has 34 heavy (non-hydrogen) atoms. The molecule has 9 heteroatoms. The average Bonchev–Trinajstić information content (AvgIpc) is 3.47. The van der Waals surface area contributed by atoms with E-state index in [0.29, 0.717) is 22.6 Å². The number of hydrogen-bond donors (Lipinski definition) is 2. The first-order valence-electron chi connectivity index (χ1n) is 11.4. The van der Waals surface area contributed by atoms with Gasteiger partial charge in [0.25, 0.3) is 17.3 Å². The third-order valence-electron chi connectivity index (χ3n) is 6.50. The fourth-order valence-electron chi connectivity index (χ4n) is 4.72. The lowest BCUT2D eigenvalue weighted by Gasteiger charge is -2.31. The van der Waals surface area contributed by atoms with E-state index in [-0.39, 0.29) is 18.0 Å². The van der Waals surface area contributed by atoms with Gasteiger partial charge in [-0.05, 0) is 45.1 Å². The Hall–Kier alpha value is -2.78. The van der Waals surface area contributed by atoms with E-state index in [1.807, 2.05) is 37.6 Å². The number of amides is 1. The lowest BCUT2D eigenvalue weighted by atomic mass is 9.94. The Kier molecular flexibility index (Phi) is 6.16. The number of aromatic amines is 1. The molecule has 1 saturated carbocycles. The monoisotopic (exact) mass is 497 g/mol. The van der Waals surface area contributed by atoms with E-state index in [0.717, 1.165) is 53.1 Å². The smallest absolute Gasteiger partial charge is 0.254 e. The molecule has 0 atom stereocenters. The Morgan fingerprint density at radius 2 is 1.97 bits per heavy atom. The van der Waals surface area contributed by atoms with Gasteiger partial charge in [-0.2, -0.15) is 0 Å². The maximum absolute atomic E-state index is 13.4. The van der Waals surface area contributed by atoms with Crippen LogP contribution in [-0.2, 0) is 6.54 Å². The maximum atomic E-state index is 13.4. The summed E-state index contributed by atoms with van der Waals surface area (Å²) in [5.41, 5.74) is 5.66. The number of aryl methyl sites for hydroxylation is 1. The molecule has 2 aliphatic rings. The summed E-state index contributed by atoms with van der Waals surface area (Å²) in [5, 5.41) is 4.88. The Morgan fingerprint density at radius 3 is 2.68 bits per heavy atom. The van der Waals surface area contributed by atoms with Gasteiger partial charge < -0.3 is 19.8 Å². The van der Waals surface area contributed by atoms with E-state index in [9.17, 15) is 9.59 Å². The minimum atomic E-state index is -0.659. The molecular weight excluding hydrogens is 470 g/mol. The van der Waals surface area contributed by atoms with Crippen molar-refractivity contribution in [3.63, 3.8) is 0 Å². The van der Waals surface area contributed by atoms with Gasteiger partial charge in [-0.25, -0.2) is 4.98 Å². The molecule has 2 N–H and O–H groups in total. The summed E-state index contributed by atoms with van der Waals surface area (Å²) < 4.78 is 12.9. The SMILES string of the molecule is CSc1cc(C)[nH]c(=O)c1CNC(=O)c1cc(-c2cscn2)c2c(c1C)OC1(CCCCC1)O2. The van der Waals surface area contributed by atoms with Gasteiger partial charge in [0.2, 0.25) is 0 Å². The van der Waals surface area contributed by atoms with Crippen LogP contribution in [-0.4, -0.2) is 27.9 Å². The Bertz CT molecular complexity index is 1290. The number of benzene rings is 1. The molecule has 1 aliphatic heterocycles. The van der Waals surface area contributed by atoms with E-state index in [1.165, 1.54) is 29.5 Å². The van der Waals surface area contributed by atoms with Crippen LogP contribution in [0.15, 0.2) is 32.7 Å². The van der Waals surface area contributed by atoms with Crippen LogP contribution in [0.1, 0.15) is 59.3 Å². The van der Waals surface area contributed by atoms with Crippen LogP contribution in [0.3, 0.4) is 0 Å². The van der Waals surface area contributed by atoms with E-state index in [4.69, 9.17) is 9.47 Å². The number of H-pyrrole nitrogens is 1.